The molecule has 0 radical (unpaired) electrons. The van der Waals surface area contributed by atoms with Gasteiger partial charge in [-0.05, 0) is 34.7 Å². The van der Waals surface area contributed by atoms with Crippen LogP contribution in [-0.2, 0) is 0 Å². The molecule has 0 aliphatic rings. The maximum absolute atomic E-state index is 8.79. The third kappa shape index (κ3) is 1.82. The molecule has 18 heavy (non-hydrogen) atoms. The van der Waals surface area contributed by atoms with Crippen LogP contribution in [0.2, 0.25) is 0 Å². The van der Waals surface area contributed by atoms with Crippen LogP contribution in [0, 0.1) is 0 Å². The minimum Gasteiger partial charge on any atom is -0.464 e. The van der Waals surface area contributed by atoms with Crippen molar-refractivity contribution in [2.75, 3.05) is 0 Å². The monoisotopic (exact) mass is 244 g/mol. The van der Waals surface area contributed by atoms with Crippen LogP contribution < -0.4 is 4.89 Å². The average Bonchev–Trinajstić information content (AvgIpc) is 3.10. The molecule has 0 aliphatic heterocycles. The summed E-state index contributed by atoms with van der Waals surface area (Å²) in [7, 11) is 0. The van der Waals surface area contributed by atoms with E-state index in [4.69, 9.17) is 9.67 Å². The minimum atomic E-state index is 0.273. The Labute approximate surface area is 101 Å². The Kier molecular flexibility index (Phi) is 2.50. The van der Waals surface area contributed by atoms with E-state index in [0.717, 1.165) is 5.56 Å². The Morgan fingerprint density at radius 3 is 2.89 bits per heavy atom. The fraction of sp³-hybridized carbons (Fsp3) is 0. The first kappa shape index (κ1) is 10.5. The molecule has 0 atom stereocenters. The van der Waals surface area contributed by atoms with Crippen LogP contribution in [-0.4, -0.2) is 25.5 Å². The number of furan rings is 1. The highest BCUT2D eigenvalue weighted by Crippen LogP contribution is 2.27. The van der Waals surface area contributed by atoms with E-state index in [-0.39, 0.29) is 5.75 Å². The van der Waals surface area contributed by atoms with E-state index >= 15 is 0 Å². The number of aromatic nitrogens is 4. The Balaban J connectivity index is 2.13. The summed E-state index contributed by atoms with van der Waals surface area (Å²) in [4.78, 5) is 4.27. The normalized spacial score (nSPS) is 10.5. The van der Waals surface area contributed by atoms with Crippen molar-refractivity contribution in [1.29, 1.82) is 0 Å². The molecular formula is C11H8N4O3. The highest BCUT2D eigenvalue weighted by molar-refractivity contribution is 5.63. The molecule has 0 bridgehead atoms. The lowest BCUT2D eigenvalue weighted by atomic mass is 10.1. The molecule has 1 N–H and O–H groups in total. The van der Waals surface area contributed by atoms with Gasteiger partial charge in [-0.1, -0.05) is 0 Å². The second kappa shape index (κ2) is 4.30. The van der Waals surface area contributed by atoms with Crippen molar-refractivity contribution in [2.45, 2.75) is 0 Å². The van der Waals surface area contributed by atoms with Gasteiger partial charge in [-0.3, -0.25) is 0 Å². The summed E-state index contributed by atoms with van der Waals surface area (Å²) in [5.41, 5.74) is 1.40. The van der Waals surface area contributed by atoms with Gasteiger partial charge in [0, 0.05) is 11.6 Å². The van der Waals surface area contributed by atoms with E-state index in [9.17, 15) is 0 Å². The Morgan fingerprint density at radius 2 is 2.22 bits per heavy atom. The molecule has 3 rings (SSSR count). The van der Waals surface area contributed by atoms with E-state index in [0.29, 0.717) is 11.4 Å². The molecule has 0 spiro atoms. The molecule has 1 aromatic carbocycles. The van der Waals surface area contributed by atoms with Crippen LogP contribution in [0.25, 0.3) is 17.0 Å². The fourth-order valence-corrected chi connectivity index (χ4v) is 1.63. The number of hydrogen-bond donors (Lipinski definition) is 1. The molecule has 0 aliphatic carbocycles. The van der Waals surface area contributed by atoms with Gasteiger partial charge in [0.05, 0.1) is 12.0 Å². The molecule has 0 fully saturated rings. The quantitative estimate of drug-likeness (QED) is 0.558. The van der Waals surface area contributed by atoms with Crippen molar-refractivity contribution in [3.8, 4) is 22.8 Å². The molecule has 0 saturated carbocycles. The zero-order chi connectivity index (χ0) is 12.4. The van der Waals surface area contributed by atoms with Gasteiger partial charge in [-0.15, -0.1) is 5.10 Å². The van der Waals surface area contributed by atoms with Crippen molar-refractivity contribution < 1.29 is 14.6 Å². The molecule has 3 aromatic rings. The molecule has 0 amide bonds. The summed E-state index contributed by atoms with van der Waals surface area (Å²) < 4.78 is 6.75. The number of hydrogen-bond acceptors (Lipinski definition) is 6. The maximum atomic E-state index is 8.79. The standard InChI is InChI=1S/C11H8N4O3/c16-18-10-5-8(11-2-1-3-17-11)4-9(6-10)15-7-12-13-14-15/h1-7,16H. The SMILES string of the molecule is OOc1cc(-c2ccco2)cc(-n2cnnn2)c1. The summed E-state index contributed by atoms with van der Waals surface area (Å²) in [5, 5.41) is 19.7. The molecule has 2 heterocycles. The Bertz CT molecular complexity index is 582. The van der Waals surface area contributed by atoms with Gasteiger partial charge in [-0.2, -0.15) is 0 Å². The molecule has 7 heteroatoms. The number of nitrogens with zero attached hydrogens (tertiary/aromatic N) is 4. The van der Waals surface area contributed by atoms with Crippen molar-refractivity contribution in [2.24, 2.45) is 0 Å². The van der Waals surface area contributed by atoms with Crippen LogP contribution in [0.1, 0.15) is 0 Å². The van der Waals surface area contributed by atoms with E-state index in [1.807, 2.05) is 6.07 Å². The third-order valence-corrected chi connectivity index (χ3v) is 2.42. The van der Waals surface area contributed by atoms with Gasteiger partial charge >= 0.3 is 0 Å². The molecule has 90 valence electrons. The van der Waals surface area contributed by atoms with Gasteiger partial charge in [-0.25, -0.2) is 9.94 Å². The van der Waals surface area contributed by atoms with Crippen LogP contribution in [0.5, 0.6) is 5.75 Å². The lowest BCUT2D eigenvalue weighted by Gasteiger charge is -2.05. The first-order chi connectivity index (χ1) is 8.86. The van der Waals surface area contributed by atoms with E-state index in [1.165, 1.54) is 11.0 Å². The van der Waals surface area contributed by atoms with Gasteiger partial charge in [0.1, 0.15) is 12.1 Å². The van der Waals surface area contributed by atoms with E-state index in [2.05, 4.69) is 20.4 Å². The van der Waals surface area contributed by atoms with Gasteiger partial charge in [0.15, 0.2) is 5.75 Å². The molecule has 0 saturated heterocycles. The molecule has 7 nitrogen and oxygen atoms in total. The van der Waals surface area contributed by atoms with Crippen LogP contribution in [0.15, 0.2) is 47.3 Å². The second-order valence-electron chi connectivity index (χ2n) is 3.54. The van der Waals surface area contributed by atoms with Crippen molar-refractivity contribution in [3.05, 3.63) is 42.9 Å². The highest BCUT2D eigenvalue weighted by atomic mass is 17.1. The van der Waals surface area contributed by atoms with Crippen LogP contribution >= 0.6 is 0 Å². The number of rotatable bonds is 3. The fourth-order valence-electron chi connectivity index (χ4n) is 1.63. The van der Waals surface area contributed by atoms with E-state index in [1.54, 1.807) is 30.5 Å². The topological polar surface area (TPSA) is 86.2 Å². The van der Waals surface area contributed by atoms with Crippen molar-refractivity contribution >= 4 is 0 Å². The predicted octanol–water partition coefficient (Wildman–Crippen LogP) is 1.77. The first-order valence-electron chi connectivity index (χ1n) is 5.10. The highest BCUT2D eigenvalue weighted by Gasteiger charge is 2.08. The zero-order valence-electron chi connectivity index (χ0n) is 9.09. The largest absolute Gasteiger partial charge is 0.464 e. The second-order valence-corrected chi connectivity index (χ2v) is 3.54. The lowest BCUT2D eigenvalue weighted by Crippen LogP contribution is -1.97. The number of benzene rings is 1. The van der Waals surface area contributed by atoms with Gasteiger partial charge in [0.25, 0.3) is 0 Å². The Morgan fingerprint density at radius 1 is 1.28 bits per heavy atom. The predicted molar refractivity (Wildman–Crippen MR) is 60.1 cm³/mol. The molecule has 2 aromatic heterocycles. The first-order valence-corrected chi connectivity index (χ1v) is 5.10. The smallest absolute Gasteiger partial charge is 0.168 e. The van der Waals surface area contributed by atoms with Gasteiger partial charge < -0.3 is 9.30 Å². The summed E-state index contributed by atoms with van der Waals surface area (Å²) in [6.07, 6.45) is 3.01. The summed E-state index contributed by atoms with van der Waals surface area (Å²) in [5.74, 6) is 0.928. The zero-order valence-corrected chi connectivity index (χ0v) is 9.09. The van der Waals surface area contributed by atoms with Gasteiger partial charge in [0.2, 0.25) is 0 Å². The van der Waals surface area contributed by atoms with Crippen molar-refractivity contribution in [3.63, 3.8) is 0 Å². The third-order valence-electron chi connectivity index (χ3n) is 2.42. The van der Waals surface area contributed by atoms with E-state index < -0.39 is 0 Å². The molecule has 0 unspecified atom stereocenters. The Hall–Kier alpha value is -2.67. The molecular weight excluding hydrogens is 236 g/mol. The van der Waals surface area contributed by atoms with Crippen LogP contribution in [0.3, 0.4) is 0 Å². The lowest BCUT2D eigenvalue weighted by molar-refractivity contribution is -0.137. The number of tetrazole rings is 1. The van der Waals surface area contributed by atoms with Crippen LogP contribution in [0.4, 0.5) is 0 Å². The minimum absolute atomic E-state index is 0.273. The summed E-state index contributed by atoms with van der Waals surface area (Å²) in [6, 6.07) is 8.64. The maximum Gasteiger partial charge on any atom is 0.168 e. The van der Waals surface area contributed by atoms with Crippen molar-refractivity contribution in [1.82, 2.24) is 20.2 Å². The summed E-state index contributed by atoms with van der Waals surface area (Å²) in [6.45, 7) is 0. The summed E-state index contributed by atoms with van der Waals surface area (Å²) >= 11 is 0. The average molecular weight is 244 g/mol.